The molecule has 1 unspecified atom stereocenters. The van der Waals surface area contributed by atoms with E-state index in [-0.39, 0.29) is 11.7 Å². The topological polar surface area (TPSA) is 71.1 Å². The molecule has 2 aromatic heterocycles. The molecule has 3 heterocycles. The molecule has 1 aromatic carbocycles. The van der Waals surface area contributed by atoms with Crippen molar-refractivity contribution >= 4 is 5.82 Å². The van der Waals surface area contributed by atoms with Crippen LogP contribution in [-0.2, 0) is 4.74 Å². The van der Waals surface area contributed by atoms with Crippen molar-refractivity contribution in [1.29, 1.82) is 0 Å². The monoisotopic (exact) mass is 376 g/mol. The van der Waals surface area contributed by atoms with Crippen LogP contribution in [0.2, 0.25) is 0 Å². The molecule has 1 fully saturated rings. The number of ether oxygens (including phenoxy) is 1. The highest BCUT2D eigenvalue weighted by Gasteiger charge is 2.24. The first-order chi connectivity index (χ1) is 13.5. The van der Waals surface area contributed by atoms with E-state index >= 15 is 0 Å². The number of hydrogen-bond donors (Lipinski definition) is 1. The zero-order valence-electron chi connectivity index (χ0n) is 16.4. The average Bonchev–Trinajstić information content (AvgIpc) is 2.72. The highest BCUT2D eigenvalue weighted by Crippen LogP contribution is 2.27. The highest BCUT2D eigenvalue weighted by molar-refractivity contribution is 5.56. The molecule has 6 nitrogen and oxygen atoms in total. The molecule has 1 N–H and O–H groups in total. The van der Waals surface area contributed by atoms with Crippen LogP contribution >= 0.6 is 0 Å². The predicted octanol–water partition coefficient (Wildman–Crippen LogP) is 3.34. The van der Waals surface area contributed by atoms with Gasteiger partial charge in [-0.15, -0.1) is 0 Å². The molecule has 144 valence electrons. The van der Waals surface area contributed by atoms with Gasteiger partial charge in [0.1, 0.15) is 17.7 Å². The molecule has 0 saturated carbocycles. The second-order valence-corrected chi connectivity index (χ2v) is 7.19. The number of morpholine rings is 1. The van der Waals surface area contributed by atoms with E-state index in [1.807, 2.05) is 25.1 Å². The van der Waals surface area contributed by atoms with Gasteiger partial charge in [0.15, 0.2) is 0 Å². The Balaban J connectivity index is 1.55. The Morgan fingerprint density at radius 3 is 2.68 bits per heavy atom. The molecule has 28 heavy (non-hydrogen) atoms. The lowest BCUT2D eigenvalue weighted by atomic mass is 10.0. The minimum absolute atomic E-state index is 0.0363. The lowest BCUT2D eigenvalue weighted by Crippen LogP contribution is -2.39. The Morgan fingerprint density at radius 2 is 1.96 bits per heavy atom. The van der Waals surface area contributed by atoms with Gasteiger partial charge in [0, 0.05) is 36.1 Å². The van der Waals surface area contributed by atoms with E-state index in [9.17, 15) is 4.79 Å². The number of aromatic amines is 1. The van der Waals surface area contributed by atoms with Gasteiger partial charge in [-0.05, 0) is 44.0 Å². The molecule has 0 amide bonds. The number of hydrogen-bond acceptors (Lipinski definition) is 5. The van der Waals surface area contributed by atoms with E-state index in [2.05, 4.69) is 45.0 Å². The third-order valence-corrected chi connectivity index (χ3v) is 5.34. The summed E-state index contributed by atoms with van der Waals surface area (Å²) in [5, 5.41) is 0. The second-order valence-electron chi connectivity index (χ2n) is 7.19. The molecule has 6 heteroatoms. The maximum Gasteiger partial charge on any atom is 0.254 e. The Bertz CT molecular complexity index is 1040. The van der Waals surface area contributed by atoms with E-state index in [0.717, 1.165) is 30.2 Å². The Kier molecular flexibility index (Phi) is 4.96. The van der Waals surface area contributed by atoms with Gasteiger partial charge in [0.25, 0.3) is 5.56 Å². The number of H-pyrrole nitrogens is 1. The molecule has 3 aromatic rings. The van der Waals surface area contributed by atoms with Gasteiger partial charge in [-0.2, -0.15) is 0 Å². The Morgan fingerprint density at radius 1 is 1.14 bits per heavy atom. The number of benzene rings is 1. The van der Waals surface area contributed by atoms with Crippen LogP contribution in [0.5, 0.6) is 0 Å². The summed E-state index contributed by atoms with van der Waals surface area (Å²) in [5.74, 6) is 1.45. The summed E-state index contributed by atoms with van der Waals surface area (Å²) < 4.78 is 6.01. The van der Waals surface area contributed by atoms with Gasteiger partial charge < -0.3 is 14.6 Å². The van der Waals surface area contributed by atoms with E-state index in [4.69, 9.17) is 4.74 Å². The molecule has 0 bridgehead atoms. The molecule has 1 aliphatic heterocycles. The van der Waals surface area contributed by atoms with Crippen LogP contribution in [0.3, 0.4) is 0 Å². The quantitative estimate of drug-likeness (QED) is 0.759. The first kappa shape index (κ1) is 18.4. The zero-order valence-corrected chi connectivity index (χ0v) is 16.4. The van der Waals surface area contributed by atoms with E-state index in [0.29, 0.717) is 18.0 Å². The predicted molar refractivity (Wildman–Crippen MR) is 110 cm³/mol. The highest BCUT2D eigenvalue weighted by atomic mass is 16.5. The summed E-state index contributed by atoms with van der Waals surface area (Å²) in [4.78, 5) is 26.2. The van der Waals surface area contributed by atoms with Gasteiger partial charge in [0.05, 0.1) is 6.61 Å². The summed E-state index contributed by atoms with van der Waals surface area (Å²) in [6.45, 7) is 7.95. The SMILES string of the molecule is Cc1ccccc1C1CN(c2ccc(-c3nc(C)c(C)c(=O)[nH]3)cn2)CCO1. The molecule has 1 aliphatic rings. The van der Waals surface area contributed by atoms with Gasteiger partial charge in [-0.1, -0.05) is 24.3 Å². The molecule has 1 saturated heterocycles. The van der Waals surface area contributed by atoms with Crippen molar-refractivity contribution in [3.63, 3.8) is 0 Å². The third-order valence-electron chi connectivity index (χ3n) is 5.34. The number of anilines is 1. The number of pyridine rings is 1. The Hall–Kier alpha value is -2.99. The van der Waals surface area contributed by atoms with Crippen molar-refractivity contribution in [3.8, 4) is 11.4 Å². The molecule has 0 aliphatic carbocycles. The molecule has 0 radical (unpaired) electrons. The molecule has 4 rings (SSSR count). The third kappa shape index (κ3) is 3.55. The Labute approximate surface area is 164 Å². The van der Waals surface area contributed by atoms with Crippen molar-refractivity contribution in [2.24, 2.45) is 0 Å². The van der Waals surface area contributed by atoms with Crippen LogP contribution in [0.25, 0.3) is 11.4 Å². The minimum Gasteiger partial charge on any atom is -0.370 e. The van der Waals surface area contributed by atoms with Gasteiger partial charge in [0.2, 0.25) is 0 Å². The first-order valence-corrected chi connectivity index (χ1v) is 9.49. The van der Waals surface area contributed by atoms with Crippen LogP contribution in [0.4, 0.5) is 5.82 Å². The van der Waals surface area contributed by atoms with Crippen molar-refractivity contribution in [3.05, 3.63) is 75.3 Å². The van der Waals surface area contributed by atoms with Gasteiger partial charge >= 0.3 is 0 Å². The van der Waals surface area contributed by atoms with Crippen LogP contribution in [0, 0.1) is 20.8 Å². The fourth-order valence-corrected chi connectivity index (χ4v) is 3.49. The smallest absolute Gasteiger partial charge is 0.254 e. The van der Waals surface area contributed by atoms with E-state index in [1.54, 1.807) is 13.1 Å². The maximum atomic E-state index is 12.0. The lowest BCUT2D eigenvalue weighted by molar-refractivity contribution is 0.0391. The zero-order chi connectivity index (χ0) is 19.7. The minimum atomic E-state index is -0.110. The standard InChI is InChI=1S/C22H24N4O2/c1-14-6-4-5-7-18(14)19-13-26(10-11-28-19)20-9-8-17(12-23-20)21-24-16(3)15(2)22(27)25-21/h4-9,12,19H,10-11,13H2,1-3H3,(H,24,25,27). The van der Waals surface area contributed by atoms with Crippen LogP contribution in [-0.4, -0.2) is 34.6 Å². The van der Waals surface area contributed by atoms with Crippen molar-refractivity contribution in [2.75, 3.05) is 24.6 Å². The summed E-state index contributed by atoms with van der Waals surface area (Å²) in [6.07, 6.45) is 1.80. The first-order valence-electron chi connectivity index (χ1n) is 9.49. The van der Waals surface area contributed by atoms with Gasteiger partial charge in [-0.3, -0.25) is 4.79 Å². The number of nitrogens with zero attached hydrogens (tertiary/aromatic N) is 3. The fraction of sp³-hybridized carbons (Fsp3) is 0.318. The van der Waals surface area contributed by atoms with Crippen LogP contribution < -0.4 is 10.5 Å². The lowest BCUT2D eigenvalue weighted by Gasteiger charge is -2.34. The van der Waals surface area contributed by atoms with Gasteiger partial charge in [-0.25, -0.2) is 9.97 Å². The number of rotatable bonds is 3. The normalized spacial score (nSPS) is 17.0. The molecule has 1 atom stereocenters. The molecular formula is C22H24N4O2. The average molecular weight is 376 g/mol. The number of aryl methyl sites for hydroxylation is 2. The van der Waals surface area contributed by atoms with Crippen LogP contribution in [0.1, 0.15) is 28.5 Å². The van der Waals surface area contributed by atoms with E-state index in [1.165, 1.54) is 11.1 Å². The summed E-state index contributed by atoms with van der Waals surface area (Å²) in [6, 6.07) is 12.3. The second kappa shape index (κ2) is 7.56. The molecular weight excluding hydrogens is 352 g/mol. The van der Waals surface area contributed by atoms with Crippen molar-refractivity contribution < 1.29 is 4.74 Å². The van der Waals surface area contributed by atoms with Crippen molar-refractivity contribution in [2.45, 2.75) is 26.9 Å². The van der Waals surface area contributed by atoms with E-state index < -0.39 is 0 Å². The summed E-state index contributed by atoms with van der Waals surface area (Å²) >= 11 is 0. The summed E-state index contributed by atoms with van der Waals surface area (Å²) in [7, 11) is 0. The fourth-order valence-electron chi connectivity index (χ4n) is 3.49. The largest absolute Gasteiger partial charge is 0.370 e. The number of nitrogens with one attached hydrogen (secondary N) is 1. The van der Waals surface area contributed by atoms with Crippen LogP contribution in [0.15, 0.2) is 47.4 Å². The molecule has 0 spiro atoms. The summed E-state index contributed by atoms with van der Waals surface area (Å²) in [5.41, 5.74) is 4.53. The maximum absolute atomic E-state index is 12.0. The number of aromatic nitrogens is 3. The van der Waals surface area contributed by atoms with Crippen molar-refractivity contribution in [1.82, 2.24) is 15.0 Å².